The Morgan fingerprint density at radius 3 is 2.62 bits per heavy atom. The Bertz CT molecular complexity index is 1060. The fourth-order valence-corrected chi connectivity index (χ4v) is 3.93. The smallest absolute Gasteiger partial charge is 0.290 e. The molecule has 29 heavy (non-hydrogen) atoms. The molecule has 4 rings (SSSR count). The van der Waals surface area contributed by atoms with Crippen molar-refractivity contribution < 1.29 is 14.0 Å². The summed E-state index contributed by atoms with van der Waals surface area (Å²) in [6.07, 6.45) is 4.59. The summed E-state index contributed by atoms with van der Waals surface area (Å²) in [5.74, 6) is -1.05. The van der Waals surface area contributed by atoms with Crippen LogP contribution >= 0.6 is 11.6 Å². The van der Waals surface area contributed by atoms with Crippen molar-refractivity contribution in [2.45, 2.75) is 25.2 Å². The van der Waals surface area contributed by atoms with Crippen molar-refractivity contribution in [3.63, 3.8) is 0 Å². The maximum absolute atomic E-state index is 13.7. The lowest BCUT2D eigenvalue weighted by atomic mass is 9.87. The summed E-state index contributed by atoms with van der Waals surface area (Å²) in [5, 5.41) is 1.29. The van der Waals surface area contributed by atoms with Gasteiger partial charge >= 0.3 is 0 Å². The standard InChI is InChI=1S/C22H19ClFN3O2/c23-15-1-3-17(26-13-15)12-21(28)22(29)27-9-6-14(7-10-27)18-5-8-25-20-4-2-16(24)11-19(18)20/h1-5,8,11,13-14H,6-7,9-10,12H2. The molecule has 0 radical (unpaired) electrons. The predicted molar refractivity (Wildman–Crippen MR) is 108 cm³/mol. The van der Waals surface area contributed by atoms with Gasteiger partial charge in [-0.2, -0.15) is 0 Å². The molecule has 0 bridgehead atoms. The van der Waals surface area contributed by atoms with Crippen LogP contribution in [0.4, 0.5) is 4.39 Å². The second-order valence-electron chi connectivity index (χ2n) is 7.20. The van der Waals surface area contributed by atoms with Crippen molar-refractivity contribution in [3.05, 3.63) is 70.9 Å². The van der Waals surface area contributed by atoms with Gasteiger partial charge < -0.3 is 4.90 Å². The van der Waals surface area contributed by atoms with Crippen molar-refractivity contribution in [3.8, 4) is 0 Å². The molecular formula is C22H19ClFN3O2. The molecule has 0 N–H and O–H groups in total. The Kier molecular flexibility index (Phi) is 5.53. The summed E-state index contributed by atoms with van der Waals surface area (Å²) in [6, 6.07) is 9.80. The molecule has 0 unspecified atom stereocenters. The number of nitrogens with zero attached hydrogens (tertiary/aromatic N) is 3. The second-order valence-corrected chi connectivity index (χ2v) is 7.63. The van der Waals surface area contributed by atoms with Crippen LogP contribution in [0.5, 0.6) is 0 Å². The number of halogens is 2. The van der Waals surface area contributed by atoms with Gasteiger partial charge in [0.05, 0.1) is 17.0 Å². The minimum absolute atomic E-state index is 0.0375. The number of amides is 1. The first-order valence-electron chi connectivity index (χ1n) is 9.48. The summed E-state index contributed by atoms with van der Waals surface area (Å²) in [4.78, 5) is 34.8. The quantitative estimate of drug-likeness (QED) is 0.610. The van der Waals surface area contributed by atoms with Gasteiger partial charge in [0.2, 0.25) is 5.78 Å². The number of carbonyl (C=O) groups excluding carboxylic acids is 2. The van der Waals surface area contributed by atoms with Crippen LogP contribution in [-0.4, -0.2) is 39.6 Å². The van der Waals surface area contributed by atoms with Crippen molar-refractivity contribution in [1.82, 2.24) is 14.9 Å². The largest absolute Gasteiger partial charge is 0.336 e. The molecule has 0 saturated carbocycles. The normalized spacial score (nSPS) is 14.9. The van der Waals surface area contributed by atoms with E-state index in [-0.39, 0.29) is 18.2 Å². The molecule has 1 aromatic carbocycles. The van der Waals surface area contributed by atoms with Gasteiger partial charge in [-0.15, -0.1) is 0 Å². The van der Waals surface area contributed by atoms with Gasteiger partial charge in [-0.25, -0.2) is 4.39 Å². The topological polar surface area (TPSA) is 63.2 Å². The zero-order valence-corrected chi connectivity index (χ0v) is 16.4. The van der Waals surface area contributed by atoms with Gasteiger partial charge in [-0.05, 0) is 60.7 Å². The SMILES string of the molecule is O=C(Cc1ccc(Cl)cn1)C(=O)N1CCC(c2ccnc3ccc(F)cc23)CC1. The molecule has 7 heteroatoms. The maximum atomic E-state index is 13.7. The zero-order valence-electron chi connectivity index (χ0n) is 15.6. The average Bonchev–Trinajstić information content (AvgIpc) is 2.74. The first-order chi connectivity index (χ1) is 14.0. The molecule has 5 nitrogen and oxygen atoms in total. The first-order valence-corrected chi connectivity index (χ1v) is 9.86. The van der Waals surface area contributed by atoms with E-state index in [9.17, 15) is 14.0 Å². The van der Waals surface area contributed by atoms with Crippen molar-refractivity contribution in [1.29, 1.82) is 0 Å². The van der Waals surface area contributed by atoms with Crippen LogP contribution in [0.2, 0.25) is 5.02 Å². The average molecular weight is 412 g/mol. The van der Waals surface area contributed by atoms with Gasteiger partial charge in [0, 0.05) is 36.6 Å². The fraction of sp³-hybridized carbons (Fsp3) is 0.273. The minimum atomic E-state index is -0.481. The lowest BCUT2D eigenvalue weighted by molar-refractivity contribution is -0.145. The molecule has 3 aromatic rings. The summed E-state index contributed by atoms with van der Waals surface area (Å²) < 4.78 is 13.7. The molecule has 1 aliphatic heterocycles. The Labute approximate surface area is 172 Å². The van der Waals surface area contributed by atoms with Crippen LogP contribution in [-0.2, 0) is 16.0 Å². The van der Waals surface area contributed by atoms with Crippen LogP contribution in [0.1, 0.15) is 30.0 Å². The van der Waals surface area contributed by atoms with Gasteiger partial charge in [0.1, 0.15) is 5.82 Å². The monoisotopic (exact) mass is 411 g/mol. The number of pyridine rings is 2. The van der Waals surface area contributed by atoms with Gasteiger partial charge in [-0.3, -0.25) is 19.6 Å². The Morgan fingerprint density at radius 1 is 1.10 bits per heavy atom. The van der Waals surface area contributed by atoms with Crippen LogP contribution in [0.3, 0.4) is 0 Å². The van der Waals surface area contributed by atoms with Gasteiger partial charge in [0.15, 0.2) is 0 Å². The van der Waals surface area contributed by atoms with Crippen LogP contribution < -0.4 is 0 Å². The summed E-state index contributed by atoms with van der Waals surface area (Å²) in [7, 11) is 0. The highest BCUT2D eigenvalue weighted by Gasteiger charge is 2.28. The predicted octanol–water partition coefficient (Wildman–Crippen LogP) is 3.94. The molecule has 1 amide bonds. The van der Waals surface area contributed by atoms with E-state index in [2.05, 4.69) is 9.97 Å². The van der Waals surface area contributed by atoms with Gasteiger partial charge in [-0.1, -0.05) is 11.6 Å². The Balaban J connectivity index is 1.41. The molecule has 0 spiro atoms. The van der Waals surface area contributed by atoms with E-state index in [4.69, 9.17) is 11.6 Å². The number of aromatic nitrogens is 2. The number of carbonyl (C=O) groups is 2. The lowest BCUT2D eigenvalue weighted by Crippen LogP contribution is -2.42. The number of rotatable bonds is 4. The lowest BCUT2D eigenvalue weighted by Gasteiger charge is -2.32. The second kappa shape index (κ2) is 8.25. The highest BCUT2D eigenvalue weighted by atomic mass is 35.5. The highest BCUT2D eigenvalue weighted by molar-refractivity contribution is 6.36. The number of hydrogen-bond donors (Lipinski definition) is 0. The fourth-order valence-electron chi connectivity index (χ4n) is 3.82. The Hall–Kier alpha value is -2.86. The third-order valence-corrected chi connectivity index (χ3v) is 5.55. The number of ketones is 1. The van der Waals surface area contributed by atoms with E-state index >= 15 is 0 Å². The number of Topliss-reactive ketones (excluding diaryl/α,β-unsaturated/α-hetero) is 1. The summed E-state index contributed by atoms with van der Waals surface area (Å²) >= 11 is 5.79. The molecule has 1 fully saturated rings. The molecule has 2 aromatic heterocycles. The van der Waals surface area contributed by atoms with Gasteiger partial charge in [0.25, 0.3) is 5.91 Å². The number of hydrogen-bond acceptors (Lipinski definition) is 4. The number of fused-ring (bicyclic) bond motifs is 1. The van der Waals surface area contributed by atoms with E-state index in [1.165, 1.54) is 18.3 Å². The van der Waals surface area contributed by atoms with Crippen LogP contribution in [0.15, 0.2) is 48.8 Å². The van der Waals surface area contributed by atoms with Crippen LogP contribution in [0.25, 0.3) is 10.9 Å². The van der Waals surface area contributed by atoms with Crippen molar-refractivity contribution in [2.75, 3.05) is 13.1 Å². The summed E-state index contributed by atoms with van der Waals surface area (Å²) in [6.45, 7) is 0.977. The van der Waals surface area contributed by atoms with E-state index in [0.29, 0.717) is 36.6 Å². The molecule has 0 atom stereocenters. The number of piperidine rings is 1. The zero-order chi connectivity index (χ0) is 20.4. The van der Waals surface area contributed by atoms with Crippen LogP contribution in [0, 0.1) is 5.82 Å². The van der Waals surface area contributed by atoms with E-state index in [1.807, 2.05) is 6.07 Å². The van der Waals surface area contributed by atoms with Crippen molar-refractivity contribution in [2.24, 2.45) is 0 Å². The number of likely N-dealkylation sites (tertiary alicyclic amines) is 1. The number of benzene rings is 1. The molecule has 0 aliphatic carbocycles. The van der Waals surface area contributed by atoms with E-state index < -0.39 is 11.7 Å². The van der Waals surface area contributed by atoms with Crippen molar-refractivity contribution >= 4 is 34.2 Å². The molecule has 1 aliphatic rings. The molecule has 148 valence electrons. The molecule has 3 heterocycles. The minimum Gasteiger partial charge on any atom is -0.336 e. The molecular weight excluding hydrogens is 393 g/mol. The van der Waals surface area contributed by atoms with E-state index in [0.717, 1.165) is 16.5 Å². The third kappa shape index (κ3) is 4.27. The molecule has 1 saturated heterocycles. The third-order valence-electron chi connectivity index (χ3n) is 5.33. The maximum Gasteiger partial charge on any atom is 0.290 e. The highest BCUT2D eigenvalue weighted by Crippen LogP contribution is 2.32. The summed E-state index contributed by atoms with van der Waals surface area (Å²) in [5.41, 5.74) is 2.32. The first kappa shape index (κ1) is 19.5. The Morgan fingerprint density at radius 2 is 1.90 bits per heavy atom. The van der Waals surface area contributed by atoms with E-state index in [1.54, 1.807) is 29.3 Å².